The highest BCUT2D eigenvalue weighted by Crippen LogP contribution is 2.18. The Labute approximate surface area is 212 Å². The summed E-state index contributed by atoms with van der Waals surface area (Å²) in [6.45, 7) is 9.58. The van der Waals surface area contributed by atoms with Crippen LogP contribution in [0.15, 0.2) is 67.0 Å². The highest BCUT2D eigenvalue weighted by Gasteiger charge is 2.22. The van der Waals surface area contributed by atoms with E-state index in [2.05, 4.69) is 73.6 Å². The van der Waals surface area contributed by atoms with Gasteiger partial charge in [-0.05, 0) is 56.2 Å². The molecule has 1 fully saturated rings. The molecule has 0 amide bonds. The van der Waals surface area contributed by atoms with Crippen LogP contribution in [0.2, 0.25) is 0 Å². The molecule has 5 rings (SSSR count). The van der Waals surface area contributed by atoms with Gasteiger partial charge in [0, 0.05) is 56.2 Å². The highest BCUT2D eigenvalue weighted by molar-refractivity contribution is 5.56. The number of benzene rings is 1. The van der Waals surface area contributed by atoms with Gasteiger partial charge in [0.05, 0.1) is 0 Å². The standard InChI is InChI=1S/C28H32N8/c1-19-5-4-6-24(32-19)28-30-14-12-26(35-28)33-25-11-13-29-27(34-25)15-22-7-9-23(10-8-22)18-36-17-20(2)31-16-21(36)3/h4-14,20-21,31H,15-18H2,1-3H3,(H,29,30,33,34,35)/t20-,21+/m1/s1. The average Bonchev–Trinajstić information content (AvgIpc) is 2.88. The summed E-state index contributed by atoms with van der Waals surface area (Å²) >= 11 is 0. The molecule has 8 nitrogen and oxygen atoms in total. The zero-order chi connectivity index (χ0) is 24.9. The first-order valence-corrected chi connectivity index (χ1v) is 12.4. The number of hydrogen-bond acceptors (Lipinski definition) is 8. The molecular weight excluding hydrogens is 448 g/mol. The Hall–Kier alpha value is -3.75. The highest BCUT2D eigenvalue weighted by atomic mass is 15.2. The van der Waals surface area contributed by atoms with Crippen molar-refractivity contribution in [2.75, 3.05) is 18.4 Å². The molecule has 2 atom stereocenters. The molecule has 0 radical (unpaired) electrons. The minimum atomic E-state index is 0.534. The summed E-state index contributed by atoms with van der Waals surface area (Å²) in [7, 11) is 0. The number of nitrogens with zero attached hydrogens (tertiary/aromatic N) is 6. The second-order valence-corrected chi connectivity index (χ2v) is 9.49. The maximum Gasteiger partial charge on any atom is 0.180 e. The Morgan fingerprint density at radius 3 is 2.44 bits per heavy atom. The monoisotopic (exact) mass is 480 g/mol. The van der Waals surface area contributed by atoms with Crippen molar-refractivity contribution in [3.63, 3.8) is 0 Å². The molecule has 8 heteroatoms. The summed E-state index contributed by atoms with van der Waals surface area (Å²) in [5.41, 5.74) is 4.19. The van der Waals surface area contributed by atoms with E-state index in [1.54, 1.807) is 12.4 Å². The Morgan fingerprint density at radius 2 is 1.64 bits per heavy atom. The van der Waals surface area contributed by atoms with Gasteiger partial charge in [-0.2, -0.15) is 0 Å². The van der Waals surface area contributed by atoms with Crippen molar-refractivity contribution in [3.8, 4) is 11.5 Å². The first-order valence-electron chi connectivity index (χ1n) is 12.4. The fraction of sp³-hybridized carbons (Fsp3) is 0.321. The quantitative estimate of drug-likeness (QED) is 0.408. The molecule has 4 heterocycles. The van der Waals surface area contributed by atoms with Gasteiger partial charge in [0.25, 0.3) is 0 Å². The third-order valence-electron chi connectivity index (χ3n) is 6.40. The number of aromatic nitrogens is 5. The van der Waals surface area contributed by atoms with Crippen molar-refractivity contribution in [3.05, 3.63) is 89.6 Å². The van der Waals surface area contributed by atoms with Crippen LogP contribution in [-0.4, -0.2) is 55.0 Å². The fourth-order valence-corrected chi connectivity index (χ4v) is 4.40. The lowest BCUT2D eigenvalue weighted by Crippen LogP contribution is -2.53. The van der Waals surface area contributed by atoms with E-state index < -0.39 is 0 Å². The fourth-order valence-electron chi connectivity index (χ4n) is 4.40. The minimum Gasteiger partial charge on any atom is -0.325 e. The van der Waals surface area contributed by atoms with Crippen molar-refractivity contribution in [2.45, 2.75) is 45.8 Å². The van der Waals surface area contributed by atoms with E-state index >= 15 is 0 Å². The van der Waals surface area contributed by atoms with Crippen molar-refractivity contribution in [1.29, 1.82) is 0 Å². The molecule has 0 spiro atoms. The number of hydrogen-bond donors (Lipinski definition) is 2. The summed E-state index contributed by atoms with van der Waals surface area (Å²) in [6.07, 6.45) is 4.16. The number of aryl methyl sites for hydroxylation is 1. The summed E-state index contributed by atoms with van der Waals surface area (Å²) in [5.74, 6) is 2.68. The Bertz CT molecular complexity index is 1310. The van der Waals surface area contributed by atoms with E-state index in [0.29, 0.717) is 36.0 Å². The number of pyridine rings is 1. The molecule has 0 unspecified atom stereocenters. The topological polar surface area (TPSA) is 91.8 Å². The van der Waals surface area contributed by atoms with E-state index in [1.165, 1.54) is 11.1 Å². The van der Waals surface area contributed by atoms with Crippen LogP contribution in [0.5, 0.6) is 0 Å². The number of piperazine rings is 1. The molecule has 36 heavy (non-hydrogen) atoms. The second kappa shape index (κ2) is 10.9. The zero-order valence-corrected chi connectivity index (χ0v) is 21.0. The van der Waals surface area contributed by atoms with Crippen molar-refractivity contribution in [2.24, 2.45) is 0 Å². The largest absolute Gasteiger partial charge is 0.325 e. The van der Waals surface area contributed by atoms with Crippen LogP contribution in [-0.2, 0) is 13.0 Å². The van der Waals surface area contributed by atoms with Crippen molar-refractivity contribution < 1.29 is 0 Å². The van der Waals surface area contributed by atoms with Gasteiger partial charge in [-0.1, -0.05) is 30.3 Å². The molecule has 184 valence electrons. The van der Waals surface area contributed by atoms with Gasteiger partial charge >= 0.3 is 0 Å². The SMILES string of the molecule is Cc1cccc(-c2nccc(Nc3ccnc(Cc4ccc(CN5C[C@@H](C)NC[C@@H]5C)cc4)n3)n2)n1. The van der Waals surface area contributed by atoms with E-state index in [9.17, 15) is 0 Å². The molecule has 1 saturated heterocycles. The molecular formula is C28H32N8. The molecule has 2 N–H and O–H groups in total. The first-order chi connectivity index (χ1) is 17.5. The molecule has 1 aliphatic heterocycles. The van der Waals surface area contributed by atoms with Crippen molar-refractivity contribution in [1.82, 2.24) is 35.1 Å². The summed E-state index contributed by atoms with van der Waals surface area (Å²) < 4.78 is 0. The summed E-state index contributed by atoms with van der Waals surface area (Å²) in [5, 5.41) is 6.82. The van der Waals surface area contributed by atoms with Crippen LogP contribution >= 0.6 is 0 Å². The van der Waals surface area contributed by atoms with Gasteiger partial charge in [0.1, 0.15) is 23.2 Å². The third-order valence-corrected chi connectivity index (χ3v) is 6.40. The Balaban J connectivity index is 1.23. The minimum absolute atomic E-state index is 0.534. The lowest BCUT2D eigenvalue weighted by atomic mass is 10.1. The van der Waals surface area contributed by atoms with E-state index in [-0.39, 0.29) is 0 Å². The van der Waals surface area contributed by atoms with Gasteiger partial charge in [0.2, 0.25) is 0 Å². The summed E-state index contributed by atoms with van der Waals surface area (Å²) in [6, 6.07) is 19.4. The molecule has 0 bridgehead atoms. The molecule has 0 aliphatic carbocycles. The maximum atomic E-state index is 4.70. The van der Waals surface area contributed by atoms with Crippen LogP contribution < -0.4 is 10.6 Å². The maximum absolute atomic E-state index is 4.70. The van der Waals surface area contributed by atoms with Crippen molar-refractivity contribution >= 4 is 11.6 Å². The third kappa shape index (κ3) is 6.08. The average molecular weight is 481 g/mol. The molecule has 1 aliphatic rings. The first kappa shape index (κ1) is 24.0. The predicted octanol–water partition coefficient (Wildman–Crippen LogP) is 4.15. The van der Waals surface area contributed by atoms with Crippen LogP contribution in [0, 0.1) is 6.92 Å². The van der Waals surface area contributed by atoms with E-state index in [4.69, 9.17) is 4.98 Å². The molecule has 3 aromatic heterocycles. The van der Waals surface area contributed by atoms with Crippen LogP contribution in [0.3, 0.4) is 0 Å². The number of anilines is 2. The Morgan fingerprint density at radius 1 is 0.889 bits per heavy atom. The summed E-state index contributed by atoms with van der Waals surface area (Å²) in [4.78, 5) is 25.2. The van der Waals surface area contributed by atoms with Crippen LogP contribution in [0.1, 0.15) is 36.5 Å². The van der Waals surface area contributed by atoms with Gasteiger partial charge in [-0.3, -0.25) is 4.90 Å². The zero-order valence-electron chi connectivity index (χ0n) is 21.0. The van der Waals surface area contributed by atoms with E-state index in [1.807, 2.05) is 37.3 Å². The van der Waals surface area contributed by atoms with Crippen LogP contribution in [0.4, 0.5) is 11.6 Å². The van der Waals surface area contributed by atoms with Gasteiger partial charge in [-0.15, -0.1) is 0 Å². The molecule has 0 saturated carbocycles. The Kier molecular flexibility index (Phi) is 7.25. The molecule has 1 aromatic carbocycles. The second-order valence-electron chi connectivity index (χ2n) is 9.49. The van der Waals surface area contributed by atoms with Gasteiger partial charge in [0.15, 0.2) is 5.82 Å². The van der Waals surface area contributed by atoms with Gasteiger partial charge in [-0.25, -0.2) is 24.9 Å². The van der Waals surface area contributed by atoms with Crippen LogP contribution in [0.25, 0.3) is 11.5 Å². The predicted molar refractivity (Wildman–Crippen MR) is 142 cm³/mol. The molecule has 4 aromatic rings. The lowest BCUT2D eigenvalue weighted by molar-refractivity contribution is 0.139. The van der Waals surface area contributed by atoms with E-state index in [0.717, 1.165) is 36.8 Å². The number of rotatable bonds is 7. The van der Waals surface area contributed by atoms with Gasteiger partial charge < -0.3 is 10.6 Å². The normalized spacial score (nSPS) is 18.2. The number of nitrogens with one attached hydrogen (secondary N) is 2. The lowest BCUT2D eigenvalue weighted by Gasteiger charge is -2.37. The smallest absolute Gasteiger partial charge is 0.180 e.